The summed E-state index contributed by atoms with van der Waals surface area (Å²) in [7, 11) is 0. The van der Waals surface area contributed by atoms with Crippen LogP contribution < -0.4 is 0 Å². The summed E-state index contributed by atoms with van der Waals surface area (Å²) in [6, 6.07) is 7.98. The number of likely N-dealkylation sites (N-methyl/N-ethyl adjacent to an activating group) is 1. The lowest BCUT2D eigenvalue weighted by molar-refractivity contribution is -0.131. The Morgan fingerprint density at radius 3 is 2.79 bits per heavy atom. The molecule has 1 aliphatic rings. The third kappa shape index (κ3) is 3.87. The van der Waals surface area contributed by atoms with Gasteiger partial charge in [0, 0.05) is 19.6 Å². The first kappa shape index (κ1) is 19.5. The zero-order valence-electron chi connectivity index (χ0n) is 16.6. The molecular formula is C20H24N6O2S. The lowest BCUT2D eigenvalue weighted by Crippen LogP contribution is -2.33. The average Bonchev–Trinajstić information content (AvgIpc) is 3.46. The number of hydrogen-bond donors (Lipinski definition) is 0. The molecule has 3 heterocycles. The van der Waals surface area contributed by atoms with Crippen LogP contribution in [-0.4, -0.2) is 61.2 Å². The minimum atomic E-state index is -0.159. The third-order valence-corrected chi connectivity index (χ3v) is 6.42. The molecular weight excluding hydrogens is 388 g/mol. The van der Waals surface area contributed by atoms with Gasteiger partial charge in [0.15, 0.2) is 5.69 Å². The smallest absolute Gasteiger partial charge is 0.276 e. The summed E-state index contributed by atoms with van der Waals surface area (Å²) >= 11 is 1.64. The maximum absolute atomic E-state index is 13.1. The van der Waals surface area contributed by atoms with Crippen LogP contribution in [0.5, 0.6) is 0 Å². The summed E-state index contributed by atoms with van der Waals surface area (Å²) in [4.78, 5) is 33.6. The first-order chi connectivity index (χ1) is 14.1. The van der Waals surface area contributed by atoms with Gasteiger partial charge in [-0.05, 0) is 38.8 Å². The fraction of sp³-hybridized carbons (Fsp3) is 0.450. The Balaban J connectivity index is 1.50. The van der Waals surface area contributed by atoms with Crippen molar-refractivity contribution >= 4 is 33.4 Å². The maximum Gasteiger partial charge on any atom is 0.276 e. The molecule has 1 saturated heterocycles. The highest BCUT2D eigenvalue weighted by molar-refractivity contribution is 7.18. The summed E-state index contributed by atoms with van der Waals surface area (Å²) in [5.41, 5.74) is 1.23. The number of aromatic nitrogens is 4. The van der Waals surface area contributed by atoms with Crippen LogP contribution in [0.15, 0.2) is 30.5 Å². The number of thiazole rings is 1. The predicted molar refractivity (Wildman–Crippen MR) is 111 cm³/mol. The number of carbonyl (C=O) groups is 2. The van der Waals surface area contributed by atoms with Crippen LogP contribution in [0.25, 0.3) is 10.2 Å². The molecule has 1 aromatic carbocycles. The van der Waals surface area contributed by atoms with Gasteiger partial charge in [-0.2, -0.15) is 0 Å². The highest BCUT2D eigenvalue weighted by Gasteiger charge is 2.34. The summed E-state index contributed by atoms with van der Waals surface area (Å²) in [6.07, 6.45) is 3.39. The molecule has 0 saturated carbocycles. The van der Waals surface area contributed by atoms with E-state index in [0.717, 1.165) is 28.1 Å². The predicted octanol–water partition coefficient (Wildman–Crippen LogP) is 2.73. The number of fused-ring (bicyclic) bond motifs is 1. The number of carbonyl (C=O) groups excluding carboxylic acids is 2. The molecule has 8 nitrogen and oxygen atoms in total. The number of nitrogens with zero attached hydrogens (tertiary/aromatic N) is 6. The second kappa shape index (κ2) is 8.28. The fourth-order valence-electron chi connectivity index (χ4n) is 3.73. The molecule has 3 aromatic rings. The van der Waals surface area contributed by atoms with Crippen LogP contribution in [0.2, 0.25) is 0 Å². The van der Waals surface area contributed by atoms with Gasteiger partial charge in [0.25, 0.3) is 5.91 Å². The molecule has 29 heavy (non-hydrogen) atoms. The lowest BCUT2D eigenvalue weighted by atomic mass is 10.2. The minimum Gasteiger partial charge on any atom is -0.342 e. The van der Waals surface area contributed by atoms with Crippen LogP contribution in [0.3, 0.4) is 0 Å². The van der Waals surface area contributed by atoms with Gasteiger partial charge in [0.1, 0.15) is 11.6 Å². The highest BCUT2D eigenvalue weighted by Crippen LogP contribution is 2.37. The molecule has 0 aliphatic carbocycles. The Kier molecular flexibility index (Phi) is 5.57. The number of benzene rings is 1. The number of para-hydroxylation sites is 1. The summed E-state index contributed by atoms with van der Waals surface area (Å²) in [5.74, 6) is -0.194. The minimum absolute atomic E-state index is 0.0348. The highest BCUT2D eigenvalue weighted by atomic mass is 32.1. The van der Waals surface area contributed by atoms with Crippen LogP contribution in [0.1, 0.15) is 48.2 Å². The molecule has 1 unspecified atom stereocenters. The number of hydrogen-bond acceptors (Lipinski definition) is 6. The SMILES string of the molecule is CCN(CC)C(=O)Cn1cc(C(=O)N2CCCC2c2nc3ccccc3s2)nn1. The molecule has 0 bridgehead atoms. The van der Waals surface area contributed by atoms with E-state index in [1.54, 1.807) is 22.4 Å². The zero-order chi connectivity index (χ0) is 20.4. The first-order valence-electron chi connectivity index (χ1n) is 9.95. The van der Waals surface area contributed by atoms with Gasteiger partial charge >= 0.3 is 0 Å². The Morgan fingerprint density at radius 1 is 1.24 bits per heavy atom. The summed E-state index contributed by atoms with van der Waals surface area (Å²) in [6.45, 7) is 5.93. The lowest BCUT2D eigenvalue weighted by Gasteiger charge is -2.21. The van der Waals surface area contributed by atoms with Gasteiger partial charge < -0.3 is 9.80 Å². The van der Waals surface area contributed by atoms with Gasteiger partial charge in [-0.15, -0.1) is 16.4 Å². The van der Waals surface area contributed by atoms with E-state index < -0.39 is 0 Å². The number of likely N-dealkylation sites (tertiary alicyclic amines) is 1. The largest absolute Gasteiger partial charge is 0.342 e. The normalized spacial score (nSPS) is 16.5. The number of amides is 2. The zero-order valence-corrected chi connectivity index (χ0v) is 17.4. The molecule has 1 aliphatic heterocycles. The van der Waals surface area contributed by atoms with Crippen molar-refractivity contribution in [3.63, 3.8) is 0 Å². The van der Waals surface area contributed by atoms with E-state index in [1.807, 2.05) is 36.9 Å². The van der Waals surface area contributed by atoms with Gasteiger partial charge in [0.2, 0.25) is 5.91 Å². The van der Waals surface area contributed by atoms with Crippen LogP contribution in [0.4, 0.5) is 0 Å². The molecule has 0 N–H and O–H groups in total. The molecule has 9 heteroatoms. The van der Waals surface area contributed by atoms with Crippen molar-refractivity contribution < 1.29 is 9.59 Å². The Hall–Kier alpha value is -2.81. The van der Waals surface area contributed by atoms with Gasteiger partial charge in [0.05, 0.1) is 22.5 Å². The third-order valence-electron chi connectivity index (χ3n) is 5.28. The second-order valence-electron chi connectivity index (χ2n) is 7.04. The van der Waals surface area contributed by atoms with Crippen LogP contribution in [-0.2, 0) is 11.3 Å². The average molecular weight is 413 g/mol. The molecule has 2 aromatic heterocycles. The van der Waals surface area contributed by atoms with E-state index in [0.29, 0.717) is 19.6 Å². The van der Waals surface area contributed by atoms with Crippen molar-refractivity contribution in [1.82, 2.24) is 29.8 Å². The van der Waals surface area contributed by atoms with Crippen molar-refractivity contribution in [2.45, 2.75) is 39.3 Å². The Labute approximate surface area is 173 Å². The van der Waals surface area contributed by atoms with E-state index in [9.17, 15) is 9.59 Å². The van der Waals surface area contributed by atoms with Crippen molar-refractivity contribution in [2.75, 3.05) is 19.6 Å². The van der Waals surface area contributed by atoms with Crippen molar-refractivity contribution in [2.24, 2.45) is 0 Å². The van der Waals surface area contributed by atoms with Crippen molar-refractivity contribution in [3.8, 4) is 0 Å². The van der Waals surface area contributed by atoms with Gasteiger partial charge in [-0.3, -0.25) is 9.59 Å². The Morgan fingerprint density at radius 2 is 2.03 bits per heavy atom. The van der Waals surface area contributed by atoms with Crippen LogP contribution >= 0.6 is 11.3 Å². The molecule has 1 fully saturated rings. The molecule has 0 radical (unpaired) electrons. The summed E-state index contributed by atoms with van der Waals surface area (Å²) in [5, 5.41) is 8.98. The summed E-state index contributed by atoms with van der Waals surface area (Å²) < 4.78 is 2.57. The van der Waals surface area contributed by atoms with E-state index in [4.69, 9.17) is 4.98 Å². The Bertz CT molecular complexity index is 992. The first-order valence-corrected chi connectivity index (χ1v) is 10.8. The topological polar surface area (TPSA) is 84.2 Å². The van der Waals surface area contributed by atoms with E-state index >= 15 is 0 Å². The fourth-order valence-corrected chi connectivity index (χ4v) is 4.85. The molecule has 2 amide bonds. The molecule has 152 valence electrons. The number of rotatable bonds is 6. The monoisotopic (exact) mass is 412 g/mol. The van der Waals surface area contributed by atoms with Crippen molar-refractivity contribution in [1.29, 1.82) is 0 Å². The van der Waals surface area contributed by atoms with Crippen molar-refractivity contribution in [3.05, 3.63) is 41.2 Å². The maximum atomic E-state index is 13.1. The molecule has 0 spiro atoms. The molecule has 1 atom stereocenters. The second-order valence-corrected chi connectivity index (χ2v) is 8.11. The molecule has 4 rings (SSSR count). The standard InChI is InChI=1S/C20H24N6O2S/c1-3-24(4-2)18(27)13-25-12-15(22-23-25)20(28)26-11-7-9-16(26)19-21-14-8-5-6-10-17(14)29-19/h5-6,8,10,12,16H,3-4,7,9,11,13H2,1-2H3. The van der Waals surface area contributed by atoms with E-state index in [2.05, 4.69) is 16.4 Å². The van der Waals surface area contributed by atoms with Gasteiger partial charge in [-0.1, -0.05) is 17.3 Å². The van der Waals surface area contributed by atoms with Gasteiger partial charge in [-0.25, -0.2) is 9.67 Å². The quantitative estimate of drug-likeness (QED) is 0.622. The van der Waals surface area contributed by atoms with Crippen LogP contribution in [0, 0.1) is 0 Å². The van der Waals surface area contributed by atoms with E-state index in [-0.39, 0.29) is 30.1 Å². The van der Waals surface area contributed by atoms with E-state index in [1.165, 1.54) is 4.68 Å².